The molecule has 0 N–H and O–H groups in total. The van der Waals surface area contributed by atoms with Gasteiger partial charge in [-0.05, 0) is 35.9 Å². The molecule has 0 unspecified atom stereocenters. The zero-order chi connectivity index (χ0) is 11.5. The molecule has 1 nitrogen and oxygen atoms in total. The van der Waals surface area contributed by atoms with Crippen LogP contribution in [0, 0.1) is 0 Å². The molecule has 0 aromatic heterocycles. The molecule has 16 heavy (non-hydrogen) atoms. The predicted octanol–water partition coefficient (Wildman–Crippen LogP) is 4.78. The summed E-state index contributed by atoms with van der Waals surface area (Å²) in [6, 6.07) is 13.7. The number of ether oxygens (including phenoxy) is 1. The molecule has 0 radical (unpaired) electrons. The van der Waals surface area contributed by atoms with Crippen molar-refractivity contribution < 1.29 is 4.74 Å². The van der Waals surface area contributed by atoms with Crippen LogP contribution in [0.5, 0.6) is 5.75 Å². The van der Waals surface area contributed by atoms with E-state index < -0.39 is 0 Å². The predicted molar refractivity (Wildman–Crippen MR) is 71.1 cm³/mol. The lowest BCUT2D eigenvalue weighted by molar-refractivity contribution is 0.415. The molecule has 0 bridgehead atoms. The molecule has 82 valence electrons. The van der Waals surface area contributed by atoms with Crippen LogP contribution in [0.1, 0.15) is 0 Å². The summed E-state index contributed by atoms with van der Waals surface area (Å²) in [5, 5.41) is 0.725. The van der Waals surface area contributed by atoms with Crippen LogP contribution in [0.3, 0.4) is 0 Å². The lowest BCUT2D eigenvalue weighted by Gasteiger charge is -2.07. The number of hydrogen-bond acceptors (Lipinski definition) is 1. The van der Waals surface area contributed by atoms with Crippen LogP contribution in [-0.2, 0) is 0 Å². The maximum atomic E-state index is 6.16. The summed E-state index contributed by atoms with van der Waals surface area (Å²) < 4.78 is 6.24. The highest BCUT2D eigenvalue weighted by molar-refractivity contribution is 9.10. The Morgan fingerprint density at radius 2 is 1.75 bits per heavy atom. The maximum Gasteiger partial charge on any atom is 0.119 e. The second-order valence-corrected chi connectivity index (χ2v) is 4.68. The van der Waals surface area contributed by atoms with E-state index in [1.807, 2.05) is 42.5 Å². The van der Waals surface area contributed by atoms with Gasteiger partial charge in [-0.1, -0.05) is 39.7 Å². The average molecular weight is 298 g/mol. The number of rotatable bonds is 2. The van der Waals surface area contributed by atoms with Crippen molar-refractivity contribution in [1.82, 2.24) is 0 Å². The third kappa shape index (κ3) is 2.39. The largest absolute Gasteiger partial charge is 0.497 e. The SMILES string of the molecule is COc1ccc(Cl)c(-c2ccc(Br)cc2)c1. The summed E-state index contributed by atoms with van der Waals surface area (Å²) in [6.07, 6.45) is 0. The van der Waals surface area contributed by atoms with E-state index in [9.17, 15) is 0 Å². The third-order valence-electron chi connectivity index (χ3n) is 2.33. The minimum Gasteiger partial charge on any atom is -0.497 e. The van der Waals surface area contributed by atoms with E-state index in [4.69, 9.17) is 16.3 Å². The standard InChI is InChI=1S/C13H10BrClO/c1-16-11-6-7-13(15)12(8-11)9-2-4-10(14)5-3-9/h2-8H,1H3. The number of halogens is 2. The van der Waals surface area contributed by atoms with Crippen molar-refractivity contribution in [3.05, 3.63) is 52.0 Å². The monoisotopic (exact) mass is 296 g/mol. The van der Waals surface area contributed by atoms with Crippen molar-refractivity contribution in [2.24, 2.45) is 0 Å². The summed E-state index contributed by atoms with van der Waals surface area (Å²) in [5.41, 5.74) is 2.06. The normalized spacial score (nSPS) is 10.2. The highest BCUT2D eigenvalue weighted by atomic mass is 79.9. The van der Waals surface area contributed by atoms with Crippen LogP contribution >= 0.6 is 27.5 Å². The lowest BCUT2D eigenvalue weighted by Crippen LogP contribution is -1.85. The quantitative estimate of drug-likeness (QED) is 0.775. The average Bonchev–Trinajstić information content (AvgIpc) is 2.31. The summed E-state index contributed by atoms with van der Waals surface area (Å²) in [7, 11) is 1.65. The second-order valence-electron chi connectivity index (χ2n) is 3.35. The van der Waals surface area contributed by atoms with E-state index >= 15 is 0 Å². The van der Waals surface area contributed by atoms with Gasteiger partial charge in [0.15, 0.2) is 0 Å². The first-order valence-corrected chi connectivity index (χ1v) is 5.97. The van der Waals surface area contributed by atoms with Crippen LogP contribution < -0.4 is 4.74 Å². The highest BCUT2D eigenvalue weighted by Gasteiger charge is 2.04. The molecule has 0 aliphatic carbocycles. The first kappa shape index (κ1) is 11.5. The molecule has 2 aromatic carbocycles. The zero-order valence-electron chi connectivity index (χ0n) is 8.71. The molecule has 0 saturated carbocycles. The van der Waals surface area contributed by atoms with E-state index in [0.717, 1.165) is 26.4 Å². The molecule has 2 aromatic rings. The molecule has 0 amide bonds. The van der Waals surface area contributed by atoms with E-state index in [-0.39, 0.29) is 0 Å². The zero-order valence-corrected chi connectivity index (χ0v) is 11.0. The number of benzene rings is 2. The Balaban J connectivity index is 2.50. The Labute approximate surface area is 108 Å². The van der Waals surface area contributed by atoms with Gasteiger partial charge in [0.25, 0.3) is 0 Å². The Kier molecular flexibility index (Phi) is 3.52. The van der Waals surface area contributed by atoms with Crippen molar-refractivity contribution >= 4 is 27.5 Å². The fourth-order valence-electron chi connectivity index (χ4n) is 1.48. The van der Waals surface area contributed by atoms with Gasteiger partial charge in [0.05, 0.1) is 7.11 Å². The van der Waals surface area contributed by atoms with Gasteiger partial charge in [-0.3, -0.25) is 0 Å². The molecule has 2 rings (SSSR count). The summed E-state index contributed by atoms with van der Waals surface area (Å²) in [6.45, 7) is 0. The molecule has 0 aliphatic heterocycles. The van der Waals surface area contributed by atoms with Gasteiger partial charge in [0.2, 0.25) is 0 Å². The molecule has 0 aliphatic rings. The topological polar surface area (TPSA) is 9.23 Å². The minimum absolute atomic E-state index is 0.725. The number of methoxy groups -OCH3 is 1. The lowest BCUT2D eigenvalue weighted by atomic mass is 10.1. The molecule has 0 atom stereocenters. The minimum atomic E-state index is 0.725. The van der Waals surface area contributed by atoms with Crippen LogP contribution in [0.4, 0.5) is 0 Å². The molecule has 3 heteroatoms. The van der Waals surface area contributed by atoms with Crippen LogP contribution in [-0.4, -0.2) is 7.11 Å². The van der Waals surface area contributed by atoms with E-state index in [0.29, 0.717) is 0 Å². The third-order valence-corrected chi connectivity index (χ3v) is 3.19. The van der Waals surface area contributed by atoms with Gasteiger partial charge >= 0.3 is 0 Å². The molecule has 0 heterocycles. The second kappa shape index (κ2) is 4.89. The molecule has 0 spiro atoms. The molecular weight excluding hydrogens is 287 g/mol. The van der Waals surface area contributed by atoms with E-state index in [2.05, 4.69) is 15.9 Å². The fraction of sp³-hybridized carbons (Fsp3) is 0.0769. The van der Waals surface area contributed by atoms with Gasteiger partial charge in [-0.25, -0.2) is 0 Å². The van der Waals surface area contributed by atoms with E-state index in [1.165, 1.54) is 0 Å². The van der Waals surface area contributed by atoms with Gasteiger partial charge in [-0.15, -0.1) is 0 Å². The van der Waals surface area contributed by atoms with Crippen molar-refractivity contribution in [2.45, 2.75) is 0 Å². The van der Waals surface area contributed by atoms with E-state index in [1.54, 1.807) is 7.11 Å². The van der Waals surface area contributed by atoms with Gasteiger partial charge in [0, 0.05) is 15.1 Å². The Morgan fingerprint density at radius 1 is 1.06 bits per heavy atom. The van der Waals surface area contributed by atoms with Crippen LogP contribution in [0.25, 0.3) is 11.1 Å². The Morgan fingerprint density at radius 3 is 2.38 bits per heavy atom. The summed E-state index contributed by atoms with van der Waals surface area (Å²) >= 11 is 9.57. The van der Waals surface area contributed by atoms with Crippen molar-refractivity contribution in [2.75, 3.05) is 7.11 Å². The Hall–Kier alpha value is -0.990. The smallest absolute Gasteiger partial charge is 0.119 e. The summed E-state index contributed by atoms with van der Waals surface area (Å²) in [4.78, 5) is 0. The summed E-state index contributed by atoms with van der Waals surface area (Å²) in [5.74, 6) is 0.808. The van der Waals surface area contributed by atoms with Crippen LogP contribution in [0.2, 0.25) is 5.02 Å². The van der Waals surface area contributed by atoms with Crippen molar-refractivity contribution in [1.29, 1.82) is 0 Å². The van der Waals surface area contributed by atoms with Gasteiger partial charge in [0.1, 0.15) is 5.75 Å². The maximum absolute atomic E-state index is 6.16. The fourth-order valence-corrected chi connectivity index (χ4v) is 1.97. The molecular formula is C13H10BrClO. The first-order chi connectivity index (χ1) is 7.70. The number of hydrogen-bond donors (Lipinski definition) is 0. The molecule has 0 saturated heterocycles. The van der Waals surface area contributed by atoms with Crippen molar-refractivity contribution in [3.63, 3.8) is 0 Å². The molecule has 0 fully saturated rings. The first-order valence-electron chi connectivity index (χ1n) is 4.80. The Bertz CT molecular complexity index is 494. The van der Waals surface area contributed by atoms with Crippen molar-refractivity contribution in [3.8, 4) is 16.9 Å². The highest BCUT2D eigenvalue weighted by Crippen LogP contribution is 2.31. The van der Waals surface area contributed by atoms with Crippen LogP contribution in [0.15, 0.2) is 46.9 Å². The van der Waals surface area contributed by atoms with Gasteiger partial charge < -0.3 is 4.74 Å². The van der Waals surface area contributed by atoms with Gasteiger partial charge in [-0.2, -0.15) is 0 Å².